The van der Waals surface area contributed by atoms with Gasteiger partial charge in [-0.2, -0.15) is 0 Å². The maximum absolute atomic E-state index is 11.9. The highest BCUT2D eigenvalue weighted by molar-refractivity contribution is 5.96. The molecule has 6 nitrogen and oxygen atoms in total. The highest BCUT2D eigenvalue weighted by Crippen LogP contribution is 2.17. The van der Waals surface area contributed by atoms with Crippen molar-refractivity contribution in [1.82, 2.24) is 0 Å². The second-order valence-corrected chi connectivity index (χ2v) is 5.16. The normalized spacial score (nSPS) is 18.7. The van der Waals surface area contributed by atoms with Crippen LogP contribution in [0.25, 0.3) is 0 Å². The number of hydrogen-bond donors (Lipinski definition) is 2. The first-order valence-corrected chi connectivity index (χ1v) is 7.55. The van der Waals surface area contributed by atoms with E-state index in [9.17, 15) is 9.59 Å². The van der Waals surface area contributed by atoms with Crippen LogP contribution in [-0.4, -0.2) is 37.2 Å². The van der Waals surface area contributed by atoms with Gasteiger partial charge in [-0.25, -0.2) is 0 Å². The molecule has 2 N–H and O–H groups in total. The number of carbonyl (C=O) groups excluding carboxylic acids is 2. The number of ether oxygens (including phenoxy) is 2. The minimum atomic E-state index is -0.496. The smallest absolute Gasteiger partial charge is 0.253 e. The van der Waals surface area contributed by atoms with E-state index < -0.39 is 6.10 Å². The topological polar surface area (TPSA) is 76.7 Å². The Kier molecular flexibility index (Phi) is 5.91. The van der Waals surface area contributed by atoms with E-state index in [1.165, 1.54) is 0 Å². The van der Waals surface area contributed by atoms with E-state index >= 15 is 0 Å². The van der Waals surface area contributed by atoms with E-state index in [4.69, 9.17) is 9.47 Å². The first-order valence-electron chi connectivity index (χ1n) is 7.55. The number of anilines is 2. The summed E-state index contributed by atoms with van der Waals surface area (Å²) in [4.78, 5) is 23.7. The van der Waals surface area contributed by atoms with Gasteiger partial charge >= 0.3 is 0 Å². The van der Waals surface area contributed by atoms with Crippen molar-refractivity contribution in [2.45, 2.75) is 38.9 Å². The molecular weight excluding hydrogens is 284 g/mol. The van der Waals surface area contributed by atoms with Gasteiger partial charge < -0.3 is 20.1 Å². The number of benzene rings is 1. The van der Waals surface area contributed by atoms with Crippen LogP contribution in [0.2, 0.25) is 0 Å². The standard InChI is InChI=1S/C16H22N2O4/c1-3-21-11(2)15(19)17-12-6-8-13(9-7-12)18-16(20)14-5-4-10-22-14/h6-9,11,14H,3-5,10H2,1-2H3,(H,17,19)(H,18,20). The number of nitrogens with one attached hydrogen (secondary N) is 2. The van der Waals surface area contributed by atoms with Gasteiger partial charge in [-0.15, -0.1) is 0 Å². The summed E-state index contributed by atoms with van der Waals surface area (Å²) in [5.41, 5.74) is 1.34. The average Bonchev–Trinajstić information content (AvgIpc) is 3.04. The van der Waals surface area contributed by atoms with Gasteiger partial charge in [0.1, 0.15) is 12.2 Å². The van der Waals surface area contributed by atoms with Crippen molar-refractivity contribution < 1.29 is 19.1 Å². The highest BCUT2D eigenvalue weighted by Gasteiger charge is 2.23. The van der Waals surface area contributed by atoms with Crippen LogP contribution in [0.15, 0.2) is 24.3 Å². The van der Waals surface area contributed by atoms with Crippen molar-refractivity contribution in [2.24, 2.45) is 0 Å². The second-order valence-electron chi connectivity index (χ2n) is 5.16. The third-order valence-corrected chi connectivity index (χ3v) is 3.43. The zero-order valence-corrected chi connectivity index (χ0v) is 12.9. The second kappa shape index (κ2) is 7.91. The van der Waals surface area contributed by atoms with Gasteiger partial charge in [-0.3, -0.25) is 9.59 Å². The molecule has 1 aliphatic heterocycles. The molecule has 2 unspecified atom stereocenters. The van der Waals surface area contributed by atoms with Gasteiger partial charge in [0, 0.05) is 24.6 Å². The summed E-state index contributed by atoms with van der Waals surface area (Å²) < 4.78 is 10.6. The zero-order valence-electron chi connectivity index (χ0n) is 12.9. The summed E-state index contributed by atoms with van der Waals surface area (Å²) in [6.07, 6.45) is 0.825. The zero-order chi connectivity index (χ0) is 15.9. The molecule has 0 bridgehead atoms. The van der Waals surface area contributed by atoms with Crippen LogP contribution in [-0.2, 0) is 19.1 Å². The Morgan fingerprint density at radius 3 is 2.45 bits per heavy atom. The van der Waals surface area contributed by atoms with Crippen molar-refractivity contribution in [1.29, 1.82) is 0 Å². The van der Waals surface area contributed by atoms with E-state index in [-0.39, 0.29) is 17.9 Å². The number of carbonyl (C=O) groups is 2. The molecular formula is C16H22N2O4. The summed E-state index contributed by atoms with van der Waals surface area (Å²) in [6, 6.07) is 6.96. The molecule has 1 aromatic carbocycles. The maximum atomic E-state index is 11.9. The SMILES string of the molecule is CCOC(C)C(=O)Nc1ccc(NC(=O)C2CCCO2)cc1. The first kappa shape index (κ1) is 16.5. The van der Waals surface area contributed by atoms with Crippen LogP contribution < -0.4 is 10.6 Å². The molecule has 120 valence electrons. The van der Waals surface area contributed by atoms with Gasteiger partial charge in [0.2, 0.25) is 0 Å². The van der Waals surface area contributed by atoms with Crippen LogP contribution in [0.3, 0.4) is 0 Å². The molecule has 0 spiro atoms. The molecule has 1 fully saturated rings. The number of hydrogen-bond acceptors (Lipinski definition) is 4. The van der Waals surface area contributed by atoms with E-state index in [0.717, 1.165) is 12.8 Å². The molecule has 0 aliphatic carbocycles. The molecule has 22 heavy (non-hydrogen) atoms. The number of amides is 2. The van der Waals surface area contributed by atoms with Crippen molar-refractivity contribution >= 4 is 23.2 Å². The van der Waals surface area contributed by atoms with Crippen molar-refractivity contribution in [3.05, 3.63) is 24.3 Å². The predicted molar refractivity (Wildman–Crippen MR) is 83.8 cm³/mol. The summed E-state index contributed by atoms with van der Waals surface area (Å²) in [6.45, 7) is 4.67. The fraction of sp³-hybridized carbons (Fsp3) is 0.500. The Labute approximate surface area is 130 Å². The van der Waals surface area contributed by atoms with Crippen LogP contribution >= 0.6 is 0 Å². The Morgan fingerprint density at radius 2 is 1.91 bits per heavy atom. The van der Waals surface area contributed by atoms with Gasteiger partial charge in [-0.05, 0) is 51.0 Å². The molecule has 1 heterocycles. The van der Waals surface area contributed by atoms with E-state index in [0.29, 0.717) is 24.6 Å². The Morgan fingerprint density at radius 1 is 1.27 bits per heavy atom. The average molecular weight is 306 g/mol. The first-order chi connectivity index (χ1) is 10.6. The predicted octanol–water partition coefficient (Wildman–Crippen LogP) is 2.17. The molecule has 0 radical (unpaired) electrons. The van der Waals surface area contributed by atoms with E-state index in [1.54, 1.807) is 31.2 Å². The van der Waals surface area contributed by atoms with Crippen LogP contribution in [0.5, 0.6) is 0 Å². The summed E-state index contributed by atoms with van der Waals surface area (Å²) in [7, 11) is 0. The fourth-order valence-corrected chi connectivity index (χ4v) is 2.21. The quantitative estimate of drug-likeness (QED) is 0.844. The van der Waals surface area contributed by atoms with Gasteiger partial charge in [0.15, 0.2) is 0 Å². The molecule has 1 saturated heterocycles. The third kappa shape index (κ3) is 4.54. The van der Waals surface area contributed by atoms with E-state index in [2.05, 4.69) is 10.6 Å². The van der Waals surface area contributed by atoms with E-state index in [1.807, 2.05) is 6.92 Å². The van der Waals surface area contributed by atoms with Crippen molar-refractivity contribution in [2.75, 3.05) is 23.8 Å². The van der Waals surface area contributed by atoms with Gasteiger partial charge in [0.05, 0.1) is 0 Å². The maximum Gasteiger partial charge on any atom is 0.253 e. The summed E-state index contributed by atoms with van der Waals surface area (Å²) in [5, 5.41) is 5.57. The van der Waals surface area contributed by atoms with Crippen LogP contribution in [0.1, 0.15) is 26.7 Å². The lowest BCUT2D eigenvalue weighted by molar-refractivity contribution is -0.126. The van der Waals surface area contributed by atoms with Crippen molar-refractivity contribution in [3.8, 4) is 0 Å². The van der Waals surface area contributed by atoms with Crippen LogP contribution in [0, 0.1) is 0 Å². The minimum Gasteiger partial charge on any atom is -0.369 e. The molecule has 6 heteroatoms. The molecule has 2 rings (SSSR count). The Bertz CT molecular complexity index is 509. The Hall–Kier alpha value is -1.92. The molecule has 1 aliphatic rings. The van der Waals surface area contributed by atoms with Crippen LogP contribution in [0.4, 0.5) is 11.4 Å². The monoisotopic (exact) mass is 306 g/mol. The lowest BCUT2D eigenvalue weighted by Gasteiger charge is -2.13. The molecule has 1 aromatic rings. The minimum absolute atomic E-state index is 0.126. The Balaban J connectivity index is 1.87. The van der Waals surface area contributed by atoms with Gasteiger partial charge in [0.25, 0.3) is 11.8 Å². The third-order valence-electron chi connectivity index (χ3n) is 3.43. The van der Waals surface area contributed by atoms with Gasteiger partial charge in [-0.1, -0.05) is 0 Å². The highest BCUT2D eigenvalue weighted by atomic mass is 16.5. The van der Waals surface area contributed by atoms with Crippen molar-refractivity contribution in [3.63, 3.8) is 0 Å². The largest absolute Gasteiger partial charge is 0.369 e. The lowest BCUT2D eigenvalue weighted by atomic mass is 10.2. The molecule has 0 saturated carbocycles. The summed E-state index contributed by atoms with van der Waals surface area (Å²) in [5.74, 6) is -0.322. The summed E-state index contributed by atoms with van der Waals surface area (Å²) >= 11 is 0. The number of rotatable bonds is 6. The molecule has 2 atom stereocenters. The molecule has 2 amide bonds. The molecule has 0 aromatic heterocycles. The fourth-order valence-electron chi connectivity index (χ4n) is 2.21. The lowest BCUT2D eigenvalue weighted by Crippen LogP contribution is -2.28.